The van der Waals surface area contributed by atoms with E-state index < -0.39 is 10.2 Å². The van der Waals surface area contributed by atoms with Crippen LogP contribution in [0.25, 0.3) is 0 Å². The molecule has 2 aromatic rings. The smallest absolute Gasteiger partial charge is 0.282 e. The Labute approximate surface area is 177 Å². The lowest BCUT2D eigenvalue weighted by Crippen LogP contribution is -2.51. The minimum atomic E-state index is -3.63. The van der Waals surface area contributed by atoms with Crippen LogP contribution in [0.15, 0.2) is 41.8 Å². The fourth-order valence-electron chi connectivity index (χ4n) is 3.46. The van der Waals surface area contributed by atoms with Crippen LogP contribution in [0.3, 0.4) is 0 Å². The van der Waals surface area contributed by atoms with E-state index in [0.29, 0.717) is 31.2 Å². The molecule has 1 aliphatic heterocycles. The maximum absolute atomic E-state index is 13.6. The lowest BCUT2D eigenvalue weighted by atomic mass is 10.1. The predicted molar refractivity (Wildman–Crippen MR) is 115 cm³/mol. The van der Waals surface area contributed by atoms with E-state index in [-0.39, 0.29) is 12.1 Å². The van der Waals surface area contributed by atoms with Gasteiger partial charge in [0, 0.05) is 48.8 Å². The third-order valence-corrected chi connectivity index (χ3v) is 8.44. The molecule has 0 amide bonds. The lowest BCUT2D eigenvalue weighted by molar-refractivity contribution is 0.0613. The van der Waals surface area contributed by atoms with Gasteiger partial charge in [0.1, 0.15) is 0 Å². The van der Waals surface area contributed by atoms with E-state index >= 15 is 0 Å². The van der Waals surface area contributed by atoms with E-state index in [2.05, 4.69) is 6.07 Å². The van der Waals surface area contributed by atoms with Crippen LogP contribution in [-0.2, 0) is 27.9 Å². The van der Waals surface area contributed by atoms with E-state index in [1.165, 1.54) is 9.18 Å². The van der Waals surface area contributed by atoms with Crippen LogP contribution in [0.2, 0.25) is 5.02 Å². The van der Waals surface area contributed by atoms with Crippen LogP contribution in [0.4, 0.5) is 0 Å². The maximum atomic E-state index is 13.6. The van der Waals surface area contributed by atoms with Gasteiger partial charge < -0.3 is 4.74 Å². The number of halogens is 1. The van der Waals surface area contributed by atoms with Crippen LogP contribution in [0.1, 0.15) is 30.2 Å². The summed E-state index contributed by atoms with van der Waals surface area (Å²) < 4.78 is 35.7. The van der Waals surface area contributed by atoms with Crippen molar-refractivity contribution in [2.75, 3.05) is 20.3 Å². The highest BCUT2D eigenvalue weighted by Gasteiger charge is 2.35. The second-order valence-corrected chi connectivity index (χ2v) is 10.6. The normalized spacial score (nSPS) is 17.3. The Morgan fingerprint density at radius 2 is 1.89 bits per heavy atom. The molecule has 0 aliphatic carbocycles. The van der Waals surface area contributed by atoms with Crippen molar-refractivity contribution in [2.24, 2.45) is 0 Å². The molecule has 1 atom stereocenters. The van der Waals surface area contributed by atoms with Gasteiger partial charge in [-0.05, 0) is 55.3 Å². The number of rotatable bonds is 8. The Kier molecular flexibility index (Phi) is 7.53. The molecule has 2 heterocycles. The molecule has 0 saturated carbocycles. The average Bonchev–Trinajstić information content (AvgIpc) is 3.20. The lowest BCUT2D eigenvalue weighted by Gasteiger charge is -2.37. The molecule has 1 aliphatic rings. The van der Waals surface area contributed by atoms with E-state index in [9.17, 15) is 8.42 Å². The van der Waals surface area contributed by atoms with Gasteiger partial charge in [0.05, 0.1) is 0 Å². The molecule has 0 N–H and O–H groups in total. The van der Waals surface area contributed by atoms with Gasteiger partial charge in [0.2, 0.25) is 0 Å². The first-order valence-electron chi connectivity index (χ1n) is 9.47. The highest BCUT2D eigenvalue weighted by Crippen LogP contribution is 2.25. The summed E-state index contributed by atoms with van der Waals surface area (Å²) in [6.07, 6.45) is 2.14. The van der Waals surface area contributed by atoms with Gasteiger partial charge in [-0.15, -0.1) is 11.3 Å². The second kappa shape index (κ2) is 9.69. The minimum Gasteiger partial charge on any atom is -0.381 e. The number of ether oxygens (including phenoxy) is 1. The van der Waals surface area contributed by atoms with Gasteiger partial charge in [-0.3, -0.25) is 0 Å². The molecule has 1 aromatic heterocycles. The molecule has 8 heteroatoms. The zero-order chi connectivity index (χ0) is 20.1. The Hall–Kier alpha value is -0.960. The Bertz CT molecular complexity index is 835. The summed E-state index contributed by atoms with van der Waals surface area (Å²) in [4.78, 5) is 1.18. The van der Waals surface area contributed by atoms with Crippen LogP contribution in [-0.4, -0.2) is 49.4 Å². The fraction of sp³-hybridized carbons (Fsp3) is 0.500. The first-order valence-corrected chi connectivity index (χ1v) is 12.1. The van der Waals surface area contributed by atoms with Crippen molar-refractivity contribution in [1.82, 2.24) is 8.61 Å². The molecule has 1 saturated heterocycles. The van der Waals surface area contributed by atoms with Crippen molar-refractivity contribution in [3.8, 4) is 0 Å². The van der Waals surface area contributed by atoms with Crippen LogP contribution < -0.4 is 0 Å². The molecule has 154 valence electrons. The van der Waals surface area contributed by atoms with E-state index in [1.807, 2.05) is 30.5 Å². The van der Waals surface area contributed by atoms with Gasteiger partial charge in [0.15, 0.2) is 0 Å². The third kappa shape index (κ3) is 5.34. The Morgan fingerprint density at radius 1 is 1.21 bits per heavy atom. The summed E-state index contributed by atoms with van der Waals surface area (Å²) in [5, 5.41) is 2.66. The highest BCUT2D eigenvalue weighted by molar-refractivity contribution is 7.86. The molecule has 0 bridgehead atoms. The molecule has 0 radical (unpaired) electrons. The molecule has 1 unspecified atom stereocenters. The average molecular weight is 443 g/mol. The molecule has 5 nitrogen and oxygen atoms in total. The van der Waals surface area contributed by atoms with Crippen molar-refractivity contribution < 1.29 is 13.2 Å². The van der Waals surface area contributed by atoms with Crippen molar-refractivity contribution in [1.29, 1.82) is 0 Å². The third-order valence-electron chi connectivity index (χ3n) is 5.19. The second-order valence-electron chi connectivity index (χ2n) is 7.17. The molecule has 0 spiro atoms. The summed E-state index contributed by atoms with van der Waals surface area (Å²) in [6.45, 7) is 3.50. The zero-order valence-electron chi connectivity index (χ0n) is 16.3. The summed E-state index contributed by atoms with van der Waals surface area (Å²) in [6, 6.07) is 11.2. The van der Waals surface area contributed by atoms with Gasteiger partial charge in [-0.2, -0.15) is 17.0 Å². The number of nitrogens with zero attached hydrogens (tertiary/aromatic N) is 2. The van der Waals surface area contributed by atoms with Crippen LogP contribution in [0.5, 0.6) is 0 Å². The number of hydrogen-bond donors (Lipinski definition) is 0. The number of hydrogen-bond acceptors (Lipinski definition) is 4. The van der Waals surface area contributed by atoms with Gasteiger partial charge >= 0.3 is 0 Å². The minimum absolute atomic E-state index is 0.0274. The van der Waals surface area contributed by atoms with Gasteiger partial charge in [0.25, 0.3) is 10.2 Å². The largest absolute Gasteiger partial charge is 0.381 e. The monoisotopic (exact) mass is 442 g/mol. The van der Waals surface area contributed by atoms with Gasteiger partial charge in [-0.1, -0.05) is 29.8 Å². The standard InChI is InChI=1S/C20H27ClN2O3S2/c1-16(14-20-4-3-13-27-20)23(15-17-5-7-18(21)8-6-17)28(24,25)22(2)19-9-11-26-12-10-19/h3-8,13,16,19H,9-12,14-15H2,1-2H3. The van der Waals surface area contributed by atoms with Gasteiger partial charge in [-0.25, -0.2) is 0 Å². The van der Waals surface area contributed by atoms with E-state index in [4.69, 9.17) is 16.3 Å². The van der Waals surface area contributed by atoms with Crippen LogP contribution >= 0.6 is 22.9 Å². The zero-order valence-corrected chi connectivity index (χ0v) is 18.6. The fourth-order valence-corrected chi connectivity index (χ4v) is 6.17. The first-order chi connectivity index (χ1) is 13.4. The topological polar surface area (TPSA) is 49.9 Å². The van der Waals surface area contributed by atoms with Crippen molar-refractivity contribution >= 4 is 33.1 Å². The first kappa shape index (κ1) is 21.7. The summed E-state index contributed by atoms with van der Waals surface area (Å²) in [7, 11) is -1.94. The number of benzene rings is 1. The van der Waals surface area contributed by atoms with Crippen LogP contribution in [0, 0.1) is 0 Å². The molecular formula is C20H27ClN2O3S2. The molecule has 3 rings (SSSR count). The summed E-state index contributed by atoms with van der Waals surface area (Å²) in [5.41, 5.74) is 0.923. The Balaban J connectivity index is 1.85. The van der Waals surface area contributed by atoms with Crippen molar-refractivity contribution in [3.63, 3.8) is 0 Å². The highest BCUT2D eigenvalue weighted by atomic mass is 35.5. The van der Waals surface area contributed by atoms with Crippen molar-refractivity contribution in [2.45, 2.75) is 44.8 Å². The number of thiophene rings is 1. The quantitative estimate of drug-likeness (QED) is 0.615. The molecular weight excluding hydrogens is 416 g/mol. The van der Waals surface area contributed by atoms with E-state index in [0.717, 1.165) is 18.4 Å². The molecule has 1 fully saturated rings. The summed E-state index contributed by atoms with van der Waals surface area (Å²) in [5.74, 6) is 0. The SMILES string of the molecule is CC(Cc1cccs1)N(Cc1ccc(Cl)cc1)S(=O)(=O)N(C)C1CCOCC1. The van der Waals surface area contributed by atoms with E-state index in [1.54, 1.807) is 34.8 Å². The predicted octanol–water partition coefficient (Wildman–Crippen LogP) is 4.19. The molecule has 1 aromatic carbocycles. The maximum Gasteiger partial charge on any atom is 0.282 e. The summed E-state index contributed by atoms with van der Waals surface area (Å²) >= 11 is 7.65. The Morgan fingerprint density at radius 3 is 2.50 bits per heavy atom. The molecule has 28 heavy (non-hydrogen) atoms. The van der Waals surface area contributed by atoms with Crippen molar-refractivity contribution in [3.05, 3.63) is 57.2 Å².